The van der Waals surface area contributed by atoms with Crippen molar-refractivity contribution >= 4 is 51.7 Å². The summed E-state index contributed by atoms with van der Waals surface area (Å²) in [5.74, 6) is -1.78. The summed E-state index contributed by atoms with van der Waals surface area (Å²) < 4.78 is 0. The number of nitrogens with zero attached hydrogens (tertiary/aromatic N) is 5. The van der Waals surface area contributed by atoms with E-state index in [0.717, 1.165) is 135 Å². The van der Waals surface area contributed by atoms with Crippen LogP contribution in [0, 0.1) is 6.57 Å². The number of amides is 4. The van der Waals surface area contributed by atoms with Gasteiger partial charge in [0.2, 0.25) is 11.8 Å². The van der Waals surface area contributed by atoms with Crippen molar-refractivity contribution in [3.05, 3.63) is 105 Å². The van der Waals surface area contributed by atoms with Crippen molar-refractivity contribution in [1.29, 1.82) is 0 Å². The molecule has 0 radical (unpaired) electrons. The number of carbonyl (C=O) groups excluding carboxylic acids is 5. The zero-order valence-electron chi connectivity index (χ0n) is 35.6. The van der Waals surface area contributed by atoms with Crippen LogP contribution in [0.3, 0.4) is 0 Å². The molecule has 5 heterocycles. The number of H-pyrrole nitrogens is 1. The summed E-state index contributed by atoms with van der Waals surface area (Å²) in [6.45, 7) is 21.5. The second-order valence-corrected chi connectivity index (χ2v) is 18.1. The van der Waals surface area contributed by atoms with Crippen LogP contribution in [0.4, 0.5) is 11.4 Å². The number of benzene rings is 3. The summed E-state index contributed by atoms with van der Waals surface area (Å²) >= 11 is 0. The molecule has 3 aromatic carbocycles. The molecule has 1 atom stereocenters. The number of nitrogens with one attached hydrogen (secondary N) is 2. The maximum atomic E-state index is 14.1. The highest BCUT2D eigenvalue weighted by Gasteiger charge is 2.46. The number of fused-ring (bicyclic) bond motifs is 5. The first-order valence-corrected chi connectivity index (χ1v) is 22.3. The number of carbonyl (C=O) groups is 5. The van der Waals surface area contributed by atoms with Gasteiger partial charge in [-0.2, -0.15) is 0 Å². The molecule has 2 N–H and O–H groups in total. The van der Waals surface area contributed by atoms with Gasteiger partial charge in [-0.3, -0.25) is 39.1 Å². The molecule has 12 nitrogen and oxygen atoms in total. The van der Waals surface area contributed by atoms with Crippen LogP contribution in [0.1, 0.15) is 131 Å². The number of piperazine rings is 1. The number of aromatic amines is 1. The van der Waals surface area contributed by atoms with Crippen molar-refractivity contribution in [3.8, 4) is 0 Å². The van der Waals surface area contributed by atoms with Crippen LogP contribution in [0.2, 0.25) is 0 Å². The predicted octanol–water partition coefficient (Wildman–Crippen LogP) is 6.94. The Balaban J connectivity index is 0.738. The van der Waals surface area contributed by atoms with E-state index in [1.807, 2.05) is 24.3 Å². The Bertz CT molecular complexity index is 2500. The van der Waals surface area contributed by atoms with Crippen molar-refractivity contribution in [2.45, 2.75) is 102 Å². The van der Waals surface area contributed by atoms with Gasteiger partial charge in [0.25, 0.3) is 11.8 Å². The first-order chi connectivity index (χ1) is 29.5. The topological polar surface area (TPSA) is 130 Å². The number of unbranched alkanes of at least 4 members (excludes halogenated alkanes) is 3. The van der Waals surface area contributed by atoms with Gasteiger partial charge >= 0.3 is 0 Å². The molecule has 9 rings (SSSR count). The smallest absolute Gasteiger partial charge is 0.262 e. The van der Waals surface area contributed by atoms with Crippen LogP contribution in [-0.4, -0.2) is 107 Å². The molecule has 316 valence electrons. The Morgan fingerprint density at radius 2 is 1.57 bits per heavy atom. The summed E-state index contributed by atoms with van der Waals surface area (Å²) in [5.41, 5.74) is 8.65. The first-order valence-electron chi connectivity index (χ1n) is 22.3. The number of aryl methyl sites for hydroxylation is 2. The minimum atomic E-state index is -0.948. The average Bonchev–Trinajstić information content (AvgIpc) is 3.79. The van der Waals surface area contributed by atoms with Crippen molar-refractivity contribution in [3.63, 3.8) is 0 Å². The van der Waals surface area contributed by atoms with Gasteiger partial charge in [-0.25, -0.2) is 4.85 Å². The van der Waals surface area contributed by atoms with Gasteiger partial charge in [-0.1, -0.05) is 57.9 Å². The van der Waals surface area contributed by atoms with Gasteiger partial charge < -0.3 is 14.8 Å². The number of hydrogen-bond acceptors (Lipinski definition) is 8. The highest BCUT2D eigenvalue weighted by atomic mass is 16.2. The SMILES string of the molecule is [C-]#[N+]c1ccc2c3c([nH]c2c1)C(C)(C)c1cc(N2CCC(N4CCN(CCCCCCc5cccc6c5C(=O)N(C5CCC(=O)NC5=O)C6=O)CC4)CC2)c(CC)cc1C3=O. The summed E-state index contributed by atoms with van der Waals surface area (Å²) in [7, 11) is 0. The second kappa shape index (κ2) is 16.3. The van der Waals surface area contributed by atoms with Crippen molar-refractivity contribution in [2.75, 3.05) is 50.7 Å². The molecular weight excluding hydrogens is 767 g/mol. The third kappa shape index (κ3) is 7.25. The van der Waals surface area contributed by atoms with E-state index in [4.69, 9.17) is 6.57 Å². The quantitative estimate of drug-likeness (QED) is 0.0946. The van der Waals surface area contributed by atoms with E-state index in [-0.39, 0.29) is 24.5 Å². The van der Waals surface area contributed by atoms with Gasteiger partial charge in [0, 0.05) is 85.0 Å². The molecule has 4 aliphatic heterocycles. The Morgan fingerprint density at radius 3 is 2.31 bits per heavy atom. The van der Waals surface area contributed by atoms with Gasteiger partial charge in [-0.15, -0.1) is 0 Å². The molecule has 4 amide bonds. The lowest BCUT2D eigenvalue weighted by Crippen LogP contribution is -2.54. The minimum Gasteiger partial charge on any atom is -0.371 e. The number of hydrogen-bond donors (Lipinski definition) is 2. The van der Waals surface area contributed by atoms with Crippen molar-refractivity contribution in [2.24, 2.45) is 0 Å². The summed E-state index contributed by atoms with van der Waals surface area (Å²) in [6.07, 6.45) is 8.25. The fraction of sp³-hybridized carbons (Fsp3) is 0.469. The van der Waals surface area contributed by atoms with E-state index in [9.17, 15) is 24.0 Å². The maximum Gasteiger partial charge on any atom is 0.262 e. The molecule has 0 spiro atoms. The van der Waals surface area contributed by atoms with Crippen molar-refractivity contribution in [1.82, 2.24) is 25.0 Å². The molecule has 0 saturated carbocycles. The fourth-order valence-corrected chi connectivity index (χ4v) is 10.8. The number of imide groups is 2. The molecule has 5 aliphatic rings. The number of aromatic nitrogens is 1. The zero-order chi connectivity index (χ0) is 42.6. The molecule has 3 saturated heterocycles. The predicted molar refractivity (Wildman–Crippen MR) is 234 cm³/mol. The lowest BCUT2D eigenvalue weighted by molar-refractivity contribution is -0.136. The van der Waals surface area contributed by atoms with Gasteiger partial charge in [0.15, 0.2) is 11.5 Å². The van der Waals surface area contributed by atoms with Crippen LogP contribution in [-0.2, 0) is 27.8 Å². The number of rotatable bonds is 11. The Kier molecular flexibility index (Phi) is 10.9. The molecule has 1 aliphatic carbocycles. The van der Waals surface area contributed by atoms with Crippen LogP contribution < -0.4 is 10.2 Å². The molecular formula is C49H55N7O5. The Morgan fingerprint density at radius 1 is 0.803 bits per heavy atom. The lowest BCUT2D eigenvalue weighted by atomic mass is 9.70. The van der Waals surface area contributed by atoms with E-state index in [2.05, 4.69) is 62.7 Å². The van der Waals surface area contributed by atoms with Gasteiger partial charge in [0.1, 0.15) is 6.04 Å². The third-order valence-corrected chi connectivity index (χ3v) is 14.2. The van der Waals surface area contributed by atoms with E-state index < -0.39 is 29.2 Å². The Hall–Kier alpha value is -5.64. The zero-order valence-corrected chi connectivity index (χ0v) is 35.6. The van der Waals surface area contributed by atoms with E-state index in [1.165, 1.54) is 11.3 Å². The van der Waals surface area contributed by atoms with Crippen LogP contribution in [0.5, 0.6) is 0 Å². The minimum absolute atomic E-state index is 0.0669. The first kappa shape index (κ1) is 40.7. The molecule has 1 aromatic heterocycles. The standard InChI is InChI=1S/C49H55N7O5/c1-5-30-27-36-37(49(2,3)45-43(44(36)58)34-15-14-32(50-4)28-38(34)51-45)29-40(30)55-21-18-33(19-22-55)54-25-23-53(24-26-54)20-9-7-6-8-11-31-12-10-13-35-42(31)48(61)56(47(35)60)39-16-17-41(57)52-46(39)59/h10,12-15,27-29,33,39,51H,5-9,11,16-26H2,1-3H3,(H,52,57,59). The average molecular weight is 822 g/mol. The largest absolute Gasteiger partial charge is 0.371 e. The number of piperidine rings is 2. The summed E-state index contributed by atoms with van der Waals surface area (Å²) in [6, 6.07) is 15.0. The Labute approximate surface area is 357 Å². The fourth-order valence-electron chi connectivity index (χ4n) is 10.8. The van der Waals surface area contributed by atoms with Gasteiger partial charge in [-0.05, 0) is 92.4 Å². The summed E-state index contributed by atoms with van der Waals surface area (Å²) in [5, 5.41) is 3.15. The number of anilines is 1. The molecule has 61 heavy (non-hydrogen) atoms. The molecule has 1 unspecified atom stereocenters. The molecule has 0 bridgehead atoms. The highest BCUT2D eigenvalue weighted by Crippen LogP contribution is 2.46. The maximum absolute atomic E-state index is 14.1. The second-order valence-electron chi connectivity index (χ2n) is 18.1. The normalized spacial score (nSPS) is 20.8. The van der Waals surface area contributed by atoms with Crippen LogP contribution in [0.25, 0.3) is 15.7 Å². The van der Waals surface area contributed by atoms with Crippen LogP contribution in [0.15, 0.2) is 48.5 Å². The highest BCUT2D eigenvalue weighted by molar-refractivity contribution is 6.24. The van der Waals surface area contributed by atoms with E-state index in [0.29, 0.717) is 29.3 Å². The van der Waals surface area contributed by atoms with E-state index in [1.54, 1.807) is 12.1 Å². The van der Waals surface area contributed by atoms with E-state index >= 15 is 0 Å². The molecule has 3 fully saturated rings. The van der Waals surface area contributed by atoms with Gasteiger partial charge in [0.05, 0.1) is 23.3 Å². The van der Waals surface area contributed by atoms with Crippen molar-refractivity contribution < 1.29 is 24.0 Å². The summed E-state index contributed by atoms with van der Waals surface area (Å²) in [4.78, 5) is 80.9. The monoisotopic (exact) mass is 821 g/mol. The molecule has 12 heteroatoms. The lowest BCUT2D eigenvalue weighted by Gasteiger charge is -2.44. The third-order valence-electron chi connectivity index (χ3n) is 14.2. The molecule has 4 aromatic rings. The number of ketones is 1. The van der Waals surface area contributed by atoms with Crippen LogP contribution >= 0.6 is 0 Å².